The van der Waals surface area contributed by atoms with Crippen molar-refractivity contribution < 1.29 is 23.8 Å². The van der Waals surface area contributed by atoms with Gasteiger partial charge in [-0.15, -0.1) is 0 Å². The summed E-state index contributed by atoms with van der Waals surface area (Å²) >= 11 is 0. The van der Waals surface area contributed by atoms with Gasteiger partial charge in [-0.2, -0.15) is 0 Å². The third kappa shape index (κ3) is 6.57. The van der Waals surface area contributed by atoms with Gasteiger partial charge in [0.1, 0.15) is 6.61 Å². The van der Waals surface area contributed by atoms with Gasteiger partial charge in [-0.05, 0) is 27.2 Å². The molecule has 0 fully saturated rings. The van der Waals surface area contributed by atoms with Gasteiger partial charge >= 0.3 is 11.9 Å². The van der Waals surface area contributed by atoms with E-state index in [1.807, 2.05) is 34.6 Å². The Hall–Kier alpha value is -1.10. The summed E-state index contributed by atoms with van der Waals surface area (Å²) in [4.78, 5) is 23.2. The molecule has 0 spiro atoms. The summed E-state index contributed by atoms with van der Waals surface area (Å²) in [5.41, 5.74) is -0.555. The number of hydrogen-bond donors (Lipinski definition) is 0. The Morgan fingerprint density at radius 3 is 2.16 bits per heavy atom. The third-order valence-electron chi connectivity index (χ3n) is 2.87. The highest BCUT2D eigenvalue weighted by Gasteiger charge is 2.31. The second-order valence-electron chi connectivity index (χ2n) is 5.37. The maximum absolute atomic E-state index is 12.0. The summed E-state index contributed by atoms with van der Waals surface area (Å²) in [6, 6.07) is 0. The van der Waals surface area contributed by atoms with Gasteiger partial charge in [0.15, 0.2) is 0 Å². The average molecular weight is 274 g/mol. The predicted molar refractivity (Wildman–Crippen MR) is 71.4 cm³/mol. The number of rotatable bonds is 8. The number of carbonyl (C=O) groups excluding carboxylic acids is 2. The third-order valence-corrected chi connectivity index (χ3v) is 2.87. The first kappa shape index (κ1) is 17.9. The van der Waals surface area contributed by atoms with E-state index in [2.05, 4.69) is 0 Å². The highest BCUT2D eigenvalue weighted by atomic mass is 16.7. The normalized spacial score (nSPS) is 13.2. The van der Waals surface area contributed by atoms with Crippen molar-refractivity contribution in [2.75, 3.05) is 13.2 Å². The molecule has 0 N–H and O–H groups in total. The van der Waals surface area contributed by atoms with Crippen LogP contribution in [0.25, 0.3) is 0 Å². The zero-order valence-corrected chi connectivity index (χ0v) is 12.8. The lowest BCUT2D eigenvalue weighted by molar-refractivity contribution is -0.202. The van der Waals surface area contributed by atoms with Gasteiger partial charge in [-0.1, -0.05) is 20.8 Å². The largest absolute Gasteiger partial charge is 0.464 e. The van der Waals surface area contributed by atoms with E-state index in [4.69, 9.17) is 14.2 Å². The topological polar surface area (TPSA) is 61.8 Å². The number of ether oxygens (including phenoxy) is 3. The summed E-state index contributed by atoms with van der Waals surface area (Å²) in [5, 5.41) is 0. The molecule has 0 aromatic carbocycles. The number of carbonyl (C=O) groups is 2. The molecule has 1 atom stereocenters. The van der Waals surface area contributed by atoms with Gasteiger partial charge in [0.25, 0.3) is 0 Å². The minimum absolute atomic E-state index is 0.0361. The van der Waals surface area contributed by atoms with E-state index in [9.17, 15) is 9.59 Å². The lowest BCUT2D eigenvalue weighted by atomic mass is 9.90. The van der Waals surface area contributed by atoms with Crippen LogP contribution in [0.3, 0.4) is 0 Å². The summed E-state index contributed by atoms with van der Waals surface area (Å²) in [6.07, 6.45) is -0.0585. The van der Waals surface area contributed by atoms with Crippen LogP contribution in [-0.4, -0.2) is 31.4 Å². The first-order valence-corrected chi connectivity index (χ1v) is 6.72. The fraction of sp³-hybridized carbons (Fsp3) is 0.857. The molecule has 19 heavy (non-hydrogen) atoms. The molecule has 0 saturated carbocycles. The van der Waals surface area contributed by atoms with Crippen molar-refractivity contribution in [3.8, 4) is 0 Å². The molecule has 5 nitrogen and oxygen atoms in total. The molecule has 5 heteroatoms. The monoisotopic (exact) mass is 274 g/mol. The molecule has 0 aromatic rings. The second-order valence-corrected chi connectivity index (χ2v) is 5.37. The van der Waals surface area contributed by atoms with Crippen molar-refractivity contribution in [1.82, 2.24) is 0 Å². The quantitative estimate of drug-likeness (QED) is 0.503. The summed E-state index contributed by atoms with van der Waals surface area (Å²) in [6.45, 7) is 11.1. The zero-order chi connectivity index (χ0) is 15.1. The first-order chi connectivity index (χ1) is 8.74. The van der Waals surface area contributed by atoms with E-state index in [1.165, 1.54) is 0 Å². The van der Waals surface area contributed by atoms with Gasteiger partial charge in [0.05, 0.1) is 12.0 Å². The molecular weight excluding hydrogens is 248 g/mol. The van der Waals surface area contributed by atoms with Gasteiger partial charge in [-0.25, -0.2) is 4.79 Å². The summed E-state index contributed by atoms with van der Waals surface area (Å²) < 4.78 is 15.4. The summed E-state index contributed by atoms with van der Waals surface area (Å²) in [5.74, 6) is -0.817. The molecule has 0 heterocycles. The van der Waals surface area contributed by atoms with Gasteiger partial charge in [-0.3, -0.25) is 4.79 Å². The Morgan fingerprint density at radius 1 is 1.16 bits per heavy atom. The lowest BCUT2D eigenvalue weighted by Gasteiger charge is -2.27. The Balaban J connectivity index is 4.43. The molecule has 0 aliphatic rings. The summed E-state index contributed by atoms with van der Waals surface area (Å²) in [7, 11) is 0. The van der Waals surface area contributed by atoms with Crippen LogP contribution in [-0.2, 0) is 23.8 Å². The SMILES string of the molecule is CCOC(=O)COC(OC(=O)C(C)(C)CC)C(C)C. The molecule has 0 radical (unpaired) electrons. The Kier molecular flexibility index (Phi) is 7.68. The van der Waals surface area contributed by atoms with E-state index in [-0.39, 0.29) is 18.5 Å². The molecule has 0 bridgehead atoms. The minimum Gasteiger partial charge on any atom is -0.464 e. The Labute approximate surface area is 115 Å². The van der Waals surface area contributed by atoms with E-state index in [0.717, 1.165) is 0 Å². The Bertz CT molecular complexity index is 296. The zero-order valence-electron chi connectivity index (χ0n) is 12.8. The van der Waals surface area contributed by atoms with Crippen LogP contribution in [0.2, 0.25) is 0 Å². The van der Waals surface area contributed by atoms with Gasteiger partial charge in [0, 0.05) is 5.92 Å². The molecular formula is C14H26O5. The lowest BCUT2D eigenvalue weighted by Crippen LogP contribution is -2.35. The van der Waals surface area contributed by atoms with Crippen LogP contribution >= 0.6 is 0 Å². The van der Waals surface area contributed by atoms with Crippen LogP contribution in [0.15, 0.2) is 0 Å². The van der Waals surface area contributed by atoms with Crippen molar-refractivity contribution in [2.45, 2.75) is 54.3 Å². The number of hydrogen-bond acceptors (Lipinski definition) is 5. The first-order valence-electron chi connectivity index (χ1n) is 6.72. The second kappa shape index (κ2) is 8.15. The fourth-order valence-corrected chi connectivity index (χ4v) is 1.12. The van der Waals surface area contributed by atoms with Crippen LogP contribution < -0.4 is 0 Å². The molecule has 0 aromatic heterocycles. The van der Waals surface area contributed by atoms with Gasteiger partial charge in [0.2, 0.25) is 6.29 Å². The molecule has 0 aliphatic heterocycles. The number of esters is 2. The van der Waals surface area contributed by atoms with Crippen molar-refractivity contribution in [2.24, 2.45) is 11.3 Å². The van der Waals surface area contributed by atoms with Crippen LogP contribution in [0.4, 0.5) is 0 Å². The molecule has 1 unspecified atom stereocenters. The van der Waals surface area contributed by atoms with Crippen molar-refractivity contribution in [3.63, 3.8) is 0 Å². The van der Waals surface area contributed by atoms with Gasteiger partial charge < -0.3 is 14.2 Å². The van der Waals surface area contributed by atoms with E-state index >= 15 is 0 Å². The van der Waals surface area contributed by atoms with E-state index in [0.29, 0.717) is 13.0 Å². The predicted octanol–water partition coefficient (Wildman–Crippen LogP) is 2.53. The van der Waals surface area contributed by atoms with E-state index in [1.54, 1.807) is 6.92 Å². The molecule has 0 rings (SSSR count). The molecule has 0 amide bonds. The minimum atomic E-state index is -0.734. The van der Waals surface area contributed by atoms with Crippen molar-refractivity contribution in [1.29, 1.82) is 0 Å². The van der Waals surface area contributed by atoms with Crippen LogP contribution in [0, 0.1) is 11.3 Å². The van der Waals surface area contributed by atoms with E-state index < -0.39 is 17.7 Å². The smallest absolute Gasteiger partial charge is 0.332 e. The molecule has 0 aliphatic carbocycles. The van der Waals surface area contributed by atoms with Crippen molar-refractivity contribution >= 4 is 11.9 Å². The maximum atomic E-state index is 12.0. The molecule has 112 valence electrons. The highest BCUT2D eigenvalue weighted by Crippen LogP contribution is 2.23. The van der Waals surface area contributed by atoms with Crippen molar-refractivity contribution in [3.05, 3.63) is 0 Å². The average Bonchev–Trinajstić information content (AvgIpc) is 2.33. The van der Waals surface area contributed by atoms with Crippen LogP contribution in [0.1, 0.15) is 48.0 Å². The standard InChI is InChI=1S/C14H26O5/c1-7-14(5,6)13(16)19-12(10(3)4)18-9-11(15)17-8-2/h10,12H,7-9H2,1-6H3. The Morgan fingerprint density at radius 2 is 1.74 bits per heavy atom. The maximum Gasteiger partial charge on any atom is 0.332 e. The van der Waals surface area contributed by atoms with Crippen LogP contribution in [0.5, 0.6) is 0 Å². The highest BCUT2D eigenvalue weighted by molar-refractivity contribution is 5.76. The molecule has 0 saturated heterocycles. The fourth-order valence-electron chi connectivity index (χ4n) is 1.12.